The summed E-state index contributed by atoms with van der Waals surface area (Å²) in [5, 5.41) is 19.1. The largest absolute Gasteiger partial charge is 0.481 e. The maximum Gasteiger partial charge on any atom is 0.309 e. The molecule has 0 aliphatic heterocycles. The maximum absolute atomic E-state index is 12.3. The van der Waals surface area contributed by atoms with Crippen molar-refractivity contribution >= 4 is 17.6 Å². The molecule has 1 unspecified atom stereocenters. The van der Waals surface area contributed by atoms with Crippen LogP contribution in [-0.2, 0) is 16.0 Å². The number of carbonyl (C=O) groups excluding carboxylic acids is 1. The van der Waals surface area contributed by atoms with Gasteiger partial charge in [0.25, 0.3) is 0 Å². The standard InChI is InChI=1S/C14H16N4O3/c1-9-5-3-4-6-12(9)16-14(21)10(2)18-11(7-13(19)20)8-15-17-18/h3-6,8,10H,7H2,1-2H3,(H,16,21)(H,19,20). The lowest BCUT2D eigenvalue weighted by molar-refractivity contribution is -0.136. The summed E-state index contributed by atoms with van der Waals surface area (Å²) >= 11 is 0. The third kappa shape index (κ3) is 3.44. The Balaban J connectivity index is 2.15. The van der Waals surface area contributed by atoms with Crippen LogP contribution in [0.5, 0.6) is 0 Å². The number of nitrogens with one attached hydrogen (secondary N) is 1. The minimum Gasteiger partial charge on any atom is -0.481 e. The molecular weight excluding hydrogens is 272 g/mol. The summed E-state index contributed by atoms with van der Waals surface area (Å²) in [5.41, 5.74) is 2.05. The van der Waals surface area contributed by atoms with Gasteiger partial charge < -0.3 is 10.4 Å². The van der Waals surface area contributed by atoms with E-state index < -0.39 is 12.0 Å². The molecule has 7 nitrogen and oxygen atoms in total. The summed E-state index contributed by atoms with van der Waals surface area (Å²) in [6, 6.07) is 6.77. The molecule has 0 fully saturated rings. The van der Waals surface area contributed by atoms with E-state index in [1.165, 1.54) is 10.9 Å². The zero-order chi connectivity index (χ0) is 15.4. The van der Waals surface area contributed by atoms with Gasteiger partial charge in [-0.1, -0.05) is 23.4 Å². The molecule has 1 aromatic carbocycles. The van der Waals surface area contributed by atoms with Crippen molar-refractivity contribution in [2.75, 3.05) is 5.32 Å². The van der Waals surface area contributed by atoms with Crippen molar-refractivity contribution in [2.45, 2.75) is 26.3 Å². The van der Waals surface area contributed by atoms with Gasteiger partial charge in [-0.2, -0.15) is 0 Å². The Morgan fingerprint density at radius 1 is 1.38 bits per heavy atom. The molecule has 2 aromatic rings. The second kappa shape index (κ2) is 6.17. The van der Waals surface area contributed by atoms with Crippen LogP contribution in [0.15, 0.2) is 30.5 Å². The molecule has 0 aliphatic carbocycles. The Kier molecular flexibility index (Phi) is 4.32. The number of carboxylic acids is 1. The molecule has 0 saturated carbocycles. The van der Waals surface area contributed by atoms with E-state index in [-0.39, 0.29) is 12.3 Å². The number of benzene rings is 1. The molecule has 2 N–H and O–H groups in total. The number of anilines is 1. The highest BCUT2D eigenvalue weighted by molar-refractivity contribution is 5.94. The first kappa shape index (κ1) is 14.7. The van der Waals surface area contributed by atoms with Crippen molar-refractivity contribution in [1.29, 1.82) is 0 Å². The number of aliphatic carboxylic acids is 1. The zero-order valence-corrected chi connectivity index (χ0v) is 11.8. The molecule has 1 atom stereocenters. The Morgan fingerprint density at radius 2 is 2.10 bits per heavy atom. The fourth-order valence-corrected chi connectivity index (χ4v) is 1.93. The number of amides is 1. The molecule has 0 bridgehead atoms. The van der Waals surface area contributed by atoms with Crippen molar-refractivity contribution in [1.82, 2.24) is 15.0 Å². The predicted octanol–water partition coefficient (Wildman–Crippen LogP) is 1.41. The van der Waals surface area contributed by atoms with Gasteiger partial charge in [-0.15, -0.1) is 5.10 Å². The molecule has 21 heavy (non-hydrogen) atoms. The average molecular weight is 288 g/mol. The van der Waals surface area contributed by atoms with Gasteiger partial charge in [0.05, 0.1) is 18.3 Å². The lowest BCUT2D eigenvalue weighted by atomic mass is 10.2. The first-order valence-corrected chi connectivity index (χ1v) is 6.46. The van der Waals surface area contributed by atoms with E-state index >= 15 is 0 Å². The first-order chi connectivity index (χ1) is 9.99. The molecule has 1 aromatic heterocycles. The highest BCUT2D eigenvalue weighted by Gasteiger charge is 2.20. The van der Waals surface area contributed by atoms with Crippen LogP contribution in [0.2, 0.25) is 0 Å². The molecular formula is C14H16N4O3. The molecule has 0 aliphatic rings. The van der Waals surface area contributed by atoms with Gasteiger partial charge >= 0.3 is 5.97 Å². The highest BCUT2D eigenvalue weighted by Crippen LogP contribution is 2.16. The summed E-state index contributed by atoms with van der Waals surface area (Å²) < 4.78 is 1.32. The minimum absolute atomic E-state index is 0.227. The number of aromatic nitrogens is 3. The summed E-state index contributed by atoms with van der Waals surface area (Å²) in [7, 11) is 0. The summed E-state index contributed by atoms with van der Waals surface area (Å²) in [6.45, 7) is 3.54. The number of para-hydroxylation sites is 1. The highest BCUT2D eigenvalue weighted by atomic mass is 16.4. The second-order valence-corrected chi connectivity index (χ2v) is 4.72. The van der Waals surface area contributed by atoms with Crippen molar-refractivity contribution in [3.8, 4) is 0 Å². The van der Waals surface area contributed by atoms with E-state index in [1.807, 2.05) is 25.1 Å². The average Bonchev–Trinajstić information content (AvgIpc) is 2.87. The predicted molar refractivity (Wildman–Crippen MR) is 75.9 cm³/mol. The Bertz CT molecular complexity index is 666. The molecule has 0 radical (unpaired) electrons. The fourth-order valence-electron chi connectivity index (χ4n) is 1.93. The Morgan fingerprint density at radius 3 is 2.76 bits per heavy atom. The van der Waals surface area contributed by atoms with Gasteiger partial charge in [-0.05, 0) is 25.5 Å². The summed E-state index contributed by atoms with van der Waals surface area (Å²) in [6.07, 6.45) is 1.13. The van der Waals surface area contributed by atoms with E-state index in [4.69, 9.17) is 5.11 Å². The van der Waals surface area contributed by atoms with Gasteiger partial charge in [-0.3, -0.25) is 9.59 Å². The molecule has 110 valence electrons. The topological polar surface area (TPSA) is 97.1 Å². The summed E-state index contributed by atoms with van der Waals surface area (Å²) in [4.78, 5) is 23.0. The van der Waals surface area contributed by atoms with Gasteiger partial charge in [-0.25, -0.2) is 4.68 Å². The number of hydrogen-bond donors (Lipinski definition) is 2. The minimum atomic E-state index is -0.995. The van der Waals surface area contributed by atoms with Crippen molar-refractivity contribution in [3.05, 3.63) is 41.7 Å². The number of hydrogen-bond acceptors (Lipinski definition) is 4. The lowest BCUT2D eigenvalue weighted by Gasteiger charge is -2.15. The van der Waals surface area contributed by atoms with Gasteiger partial charge in [0.2, 0.25) is 5.91 Å². The van der Waals surface area contributed by atoms with E-state index in [0.717, 1.165) is 5.56 Å². The van der Waals surface area contributed by atoms with Crippen LogP contribution < -0.4 is 5.32 Å². The van der Waals surface area contributed by atoms with Gasteiger partial charge in [0.1, 0.15) is 6.04 Å². The zero-order valence-electron chi connectivity index (χ0n) is 11.8. The fraction of sp³-hybridized carbons (Fsp3) is 0.286. The first-order valence-electron chi connectivity index (χ1n) is 6.46. The number of rotatable bonds is 5. The SMILES string of the molecule is Cc1ccccc1NC(=O)C(C)n1nncc1CC(=O)O. The molecule has 2 rings (SSSR count). The monoisotopic (exact) mass is 288 g/mol. The van der Waals surface area contributed by atoms with Crippen molar-refractivity contribution in [3.63, 3.8) is 0 Å². The number of nitrogens with zero attached hydrogens (tertiary/aromatic N) is 3. The normalized spacial score (nSPS) is 11.9. The van der Waals surface area contributed by atoms with Gasteiger partial charge in [0.15, 0.2) is 0 Å². The quantitative estimate of drug-likeness (QED) is 0.867. The third-order valence-electron chi connectivity index (χ3n) is 3.13. The maximum atomic E-state index is 12.3. The second-order valence-electron chi connectivity index (χ2n) is 4.72. The van der Waals surface area contributed by atoms with E-state index in [0.29, 0.717) is 11.4 Å². The number of carbonyl (C=O) groups is 2. The van der Waals surface area contributed by atoms with Crippen molar-refractivity contribution in [2.24, 2.45) is 0 Å². The Hall–Kier alpha value is -2.70. The smallest absolute Gasteiger partial charge is 0.309 e. The van der Waals surface area contributed by atoms with E-state index in [1.54, 1.807) is 13.0 Å². The van der Waals surface area contributed by atoms with Crippen LogP contribution in [0.3, 0.4) is 0 Å². The molecule has 1 heterocycles. The third-order valence-corrected chi connectivity index (χ3v) is 3.13. The van der Waals surface area contributed by atoms with E-state index in [9.17, 15) is 9.59 Å². The van der Waals surface area contributed by atoms with Crippen LogP contribution >= 0.6 is 0 Å². The number of carboxylic acid groups (broad SMARTS) is 1. The van der Waals surface area contributed by atoms with Gasteiger partial charge in [0, 0.05) is 5.69 Å². The molecule has 7 heteroatoms. The van der Waals surface area contributed by atoms with Crippen LogP contribution in [0, 0.1) is 6.92 Å². The molecule has 1 amide bonds. The Labute approximate surface area is 121 Å². The van der Waals surface area contributed by atoms with Crippen molar-refractivity contribution < 1.29 is 14.7 Å². The lowest BCUT2D eigenvalue weighted by Crippen LogP contribution is -2.26. The summed E-state index contributed by atoms with van der Waals surface area (Å²) in [5.74, 6) is -1.27. The molecule has 0 saturated heterocycles. The van der Waals surface area contributed by atoms with Crippen LogP contribution in [0.1, 0.15) is 24.2 Å². The van der Waals surface area contributed by atoms with Crippen LogP contribution in [0.25, 0.3) is 0 Å². The van der Waals surface area contributed by atoms with Crippen LogP contribution in [-0.4, -0.2) is 32.0 Å². The number of aryl methyl sites for hydroxylation is 1. The molecule has 0 spiro atoms. The van der Waals surface area contributed by atoms with E-state index in [2.05, 4.69) is 15.6 Å². The van der Waals surface area contributed by atoms with Crippen LogP contribution in [0.4, 0.5) is 5.69 Å².